The molecule has 1 heterocycles. The third-order valence-electron chi connectivity index (χ3n) is 3.93. The number of anilines is 1. The molecule has 0 saturated heterocycles. The van der Waals surface area contributed by atoms with Gasteiger partial charge in [0.1, 0.15) is 5.75 Å². The first kappa shape index (κ1) is 17.4. The van der Waals surface area contributed by atoms with Crippen molar-refractivity contribution in [1.29, 1.82) is 0 Å². The fourth-order valence-corrected chi connectivity index (χ4v) is 2.90. The van der Waals surface area contributed by atoms with Crippen molar-refractivity contribution < 1.29 is 22.7 Å². The van der Waals surface area contributed by atoms with Crippen molar-refractivity contribution in [3.63, 3.8) is 0 Å². The average Bonchev–Trinajstić information content (AvgIpc) is 2.56. The molecule has 1 aliphatic heterocycles. The number of urea groups is 1. The fourth-order valence-electron chi connectivity index (χ4n) is 2.72. The molecule has 2 aromatic rings. The van der Waals surface area contributed by atoms with E-state index < -0.39 is 18.2 Å². The van der Waals surface area contributed by atoms with E-state index in [2.05, 4.69) is 0 Å². The lowest BCUT2D eigenvalue weighted by atomic mass is 10.0. The quantitative estimate of drug-likeness (QED) is 0.852. The van der Waals surface area contributed by atoms with Crippen LogP contribution in [-0.4, -0.2) is 19.3 Å². The predicted octanol–water partition coefficient (Wildman–Crippen LogP) is 4.68. The Labute approximate surface area is 147 Å². The minimum Gasteiger partial charge on any atom is -0.497 e. The summed E-state index contributed by atoms with van der Waals surface area (Å²) in [5, 5.41) is 2.19. The number of alkyl halides is 3. The van der Waals surface area contributed by atoms with Crippen molar-refractivity contribution in [3.8, 4) is 5.75 Å². The molecule has 0 aliphatic carbocycles. The summed E-state index contributed by atoms with van der Waals surface area (Å²) in [6.07, 6.45) is -4.61. The number of hydrogen-bond donors (Lipinski definition) is 1. The summed E-state index contributed by atoms with van der Waals surface area (Å²) in [5.74, 6) is 0.649. The number of amides is 2. The lowest BCUT2D eigenvalue weighted by Crippen LogP contribution is -2.50. The van der Waals surface area contributed by atoms with Crippen LogP contribution in [0.5, 0.6) is 5.75 Å². The minimum atomic E-state index is -4.61. The Morgan fingerprint density at radius 1 is 1.20 bits per heavy atom. The van der Waals surface area contributed by atoms with E-state index in [1.807, 2.05) is 5.32 Å². The van der Waals surface area contributed by atoms with Crippen LogP contribution in [-0.2, 0) is 6.54 Å². The van der Waals surface area contributed by atoms with Gasteiger partial charge in [0, 0.05) is 10.6 Å². The van der Waals surface area contributed by atoms with E-state index in [4.69, 9.17) is 16.3 Å². The molecule has 1 N–H and O–H groups in total. The summed E-state index contributed by atoms with van der Waals surface area (Å²) >= 11 is 5.86. The Morgan fingerprint density at radius 2 is 1.88 bits per heavy atom. The predicted molar refractivity (Wildman–Crippen MR) is 88.0 cm³/mol. The van der Waals surface area contributed by atoms with Gasteiger partial charge in [-0.2, -0.15) is 13.2 Å². The molecule has 2 amide bonds. The molecular weight excluding hydrogens is 357 g/mol. The molecule has 132 valence electrons. The molecule has 0 aromatic heterocycles. The molecule has 0 saturated carbocycles. The van der Waals surface area contributed by atoms with Crippen LogP contribution in [0.25, 0.3) is 0 Å². The number of nitrogens with zero attached hydrogens (tertiary/aromatic N) is 1. The zero-order valence-electron chi connectivity index (χ0n) is 13.1. The number of carbonyl (C=O) groups excluding carboxylic acids is 1. The Balaban J connectivity index is 1.98. The second kappa shape index (κ2) is 6.48. The number of methoxy groups -OCH3 is 1. The number of carbonyl (C=O) groups is 1. The van der Waals surface area contributed by atoms with Crippen molar-refractivity contribution in [2.75, 3.05) is 12.0 Å². The molecule has 0 spiro atoms. The van der Waals surface area contributed by atoms with Crippen LogP contribution in [0, 0.1) is 0 Å². The van der Waals surface area contributed by atoms with Crippen LogP contribution in [0.3, 0.4) is 0 Å². The summed E-state index contributed by atoms with van der Waals surface area (Å²) in [4.78, 5) is 13.5. The van der Waals surface area contributed by atoms with Gasteiger partial charge in [0.05, 0.1) is 19.3 Å². The molecule has 2 aromatic carbocycles. The molecule has 0 radical (unpaired) electrons. The lowest BCUT2D eigenvalue weighted by Gasteiger charge is -2.36. The first-order chi connectivity index (χ1) is 11.8. The van der Waals surface area contributed by atoms with Gasteiger partial charge in [0.15, 0.2) is 6.04 Å². The maximum Gasteiger partial charge on any atom is 0.413 e. The SMILES string of the molecule is COc1ccc(CN2C(=O)N[C@@H](C(F)(F)F)c3cc(Cl)ccc32)cc1. The Bertz CT molecular complexity index is 793. The van der Waals surface area contributed by atoms with Gasteiger partial charge in [-0.3, -0.25) is 4.90 Å². The third-order valence-corrected chi connectivity index (χ3v) is 4.17. The van der Waals surface area contributed by atoms with Gasteiger partial charge < -0.3 is 10.1 Å². The van der Waals surface area contributed by atoms with Gasteiger partial charge in [0.2, 0.25) is 0 Å². The van der Waals surface area contributed by atoms with E-state index in [9.17, 15) is 18.0 Å². The topological polar surface area (TPSA) is 41.6 Å². The zero-order valence-corrected chi connectivity index (χ0v) is 13.9. The monoisotopic (exact) mass is 370 g/mol. The van der Waals surface area contributed by atoms with E-state index in [1.165, 1.54) is 30.2 Å². The largest absolute Gasteiger partial charge is 0.497 e. The number of hydrogen-bond acceptors (Lipinski definition) is 2. The highest BCUT2D eigenvalue weighted by atomic mass is 35.5. The van der Waals surface area contributed by atoms with Crippen LogP contribution >= 0.6 is 11.6 Å². The highest BCUT2D eigenvalue weighted by Crippen LogP contribution is 2.42. The number of fused-ring (bicyclic) bond motifs is 1. The van der Waals surface area contributed by atoms with Crippen molar-refractivity contribution >= 4 is 23.3 Å². The van der Waals surface area contributed by atoms with E-state index in [0.717, 1.165) is 5.56 Å². The molecule has 1 atom stereocenters. The van der Waals surface area contributed by atoms with E-state index >= 15 is 0 Å². The molecule has 1 aliphatic rings. The van der Waals surface area contributed by atoms with Crippen molar-refractivity contribution in [2.45, 2.75) is 18.8 Å². The smallest absolute Gasteiger partial charge is 0.413 e. The zero-order chi connectivity index (χ0) is 18.2. The normalized spacial score (nSPS) is 17.1. The van der Waals surface area contributed by atoms with Gasteiger partial charge in [-0.1, -0.05) is 23.7 Å². The van der Waals surface area contributed by atoms with Crippen LogP contribution in [0.1, 0.15) is 17.2 Å². The van der Waals surface area contributed by atoms with E-state index in [1.54, 1.807) is 24.3 Å². The van der Waals surface area contributed by atoms with Gasteiger partial charge in [0.25, 0.3) is 0 Å². The fraction of sp³-hybridized carbons (Fsp3) is 0.235. The second-order valence-corrected chi connectivity index (χ2v) is 6.00. The number of halogens is 4. The molecule has 4 nitrogen and oxygen atoms in total. The highest BCUT2D eigenvalue weighted by molar-refractivity contribution is 6.30. The molecule has 0 unspecified atom stereocenters. The summed E-state index contributed by atoms with van der Waals surface area (Å²) in [7, 11) is 1.53. The number of benzene rings is 2. The minimum absolute atomic E-state index is 0.0758. The van der Waals surface area contributed by atoms with Crippen molar-refractivity contribution in [3.05, 3.63) is 58.6 Å². The van der Waals surface area contributed by atoms with Crippen LogP contribution in [0.2, 0.25) is 5.02 Å². The van der Waals surface area contributed by atoms with Gasteiger partial charge >= 0.3 is 12.2 Å². The standard InChI is InChI=1S/C17H14ClF3N2O2/c1-25-12-5-2-10(3-6-12)9-23-14-7-4-11(18)8-13(14)15(17(19,20)21)22-16(23)24/h2-8,15H,9H2,1H3,(H,22,24)/t15-/m1/s1. The summed E-state index contributed by atoms with van der Waals surface area (Å²) < 4.78 is 44.9. The van der Waals surface area contributed by atoms with Gasteiger partial charge in [-0.25, -0.2) is 4.79 Å². The maximum absolute atomic E-state index is 13.3. The average molecular weight is 371 g/mol. The molecule has 3 rings (SSSR count). The number of nitrogens with one attached hydrogen (secondary N) is 1. The molecule has 8 heteroatoms. The summed E-state index contributed by atoms with van der Waals surface area (Å²) in [6.45, 7) is 0.120. The Kier molecular flexibility index (Phi) is 4.51. The van der Waals surface area contributed by atoms with Crippen LogP contribution < -0.4 is 15.0 Å². The van der Waals surface area contributed by atoms with Crippen LogP contribution in [0.4, 0.5) is 23.7 Å². The van der Waals surface area contributed by atoms with Gasteiger partial charge in [-0.05, 0) is 35.9 Å². The maximum atomic E-state index is 13.3. The highest BCUT2D eigenvalue weighted by Gasteiger charge is 2.47. The summed E-state index contributed by atoms with van der Waals surface area (Å²) in [6, 6.07) is 8.17. The Hall–Kier alpha value is -2.41. The molecular formula is C17H14ClF3N2O2. The third kappa shape index (κ3) is 3.51. The van der Waals surface area contributed by atoms with E-state index in [0.29, 0.717) is 5.75 Å². The first-order valence-electron chi connectivity index (χ1n) is 7.36. The molecule has 0 fully saturated rings. The van der Waals surface area contributed by atoms with Crippen LogP contribution in [0.15, 0.2) is 42.5 Å². The Morgan fingerprint density at radius 3 is 2.48 bits per heavy atom. The first-order valence-corrected chi connectivity index (χ1v) is 7.74. The van der Waals surface area contributed by atoms with Crippen molar-refractivity contribution in [1.82, 2.24) is 5.32 Å². The second-order valence-electron chi connectivity index (χ2n) is 5.56. The number of ether oxygens (including phenoxy) is 1. The van der Waals surface area contributed by atoms with Crippen molar-refractivity contribution in [2.24, 2.45) is 0 Å². The lowest BCUT2D eigenvalue weighted by molar-refractivity contribution is -0.155. The number of rotatable bonds is 3. The van der Waals surface area contributed by atoms with E-state index in [-0.39, 0.29) is 22.8 Å². The molecule has 25 heavy (non-hydrogen) atoms. The van der Waals surface area contributed by atoms with Gasteiger partial charge in [-0.15, -0.1) is 0 Å². The summed E-state index contributed by atoms with van der Waals surface area (Å²) in [5.41, 5.74) is 0.863. The molecule has 0 bridgehead atoms.